The predicted molar refractivity (Wildman–Crippen MR) is 24.4 cm³/mol. The summed E-state index contributed by atoms with van der Waals surface area (Å²) in [4.78, 5) is 0. The molecule has 0 atom stereocenters. The number of hydrogen-bond acceptors (Lipinski definition) is 4. The molecule has 7 heteroatoms. The third kappa shape index (κ3) is 1.36. The molecule has 2 radical (unpaired) electrons. The Kier molecular flexibility index (Phi) is 2.43. The van der Waals surface area contributed by atoms with Crippen LogP contribution in [0, 0.1) is 0 Å². The fourth-order valence-electron chi connectivity index (χ4n) is 0.409. The molecule has 0 aromatic heterocycles. The molecule has 3 aliphatic rings. The number of hydrogen-bond donors (Lipinski definition) is 0. The van der Waals surface area contributed by atoms with Gasteiger partial charge in [-0.25, -0.2) is 0 Å². The molecule has 7 heavy (non-hydrogen) atoms. The topological polar surface area (TPSA) is 36.9 Å². The fourth-order valence-corrected chi connectivity index (χ4v) is 115. The molecule has 0 unspecified atom stereocenters. The normalized spacial score (nSPS) is 48.0. The van der Waals surface area contributed by atoms with E-state index in [1.807, 2.05) is 0 Å². The van der Waals surface area contributed by atoms with Gasteiger partial charge in [-0.1, -0.05) is 0 Å². The molecule has 0 N–H and O–H groups in total. The molecule has 0 amide bonds. The van der Waals surface area contributed by atoms with Crippen molar-refractivity contribution in [1.29, 1.82) is 0 Å². The van der Waals surface area contributed by atoms with Crippen LogP contribution in [0.5, 0.6) is 0 Å². The van der Waals surface area contributed by atoms with E-state index in [2.05, 4.69) is 0 Å². The summed E-state index contributed by atoms with van der Waals surface area (Å²) < 4.78 is 20.7. The molecule has 38 valence electrons. The van der Waals surface area contributed by atoms with Gasteiger partial charge in [0.25, 0.3) is 0 Å². The van der Waals surface area contributed by atoms with Gasteiger partial charge < -0.3 is 0 Å². The van der Waals surface area contributed by atoms with E-state index in [1.54, 1.807) is 0 Å². The quantitative estimate of drug-likeness (QED) is 0.278. The Hall–Kier alpha value is 2.61. The first-order valence-electron chi connectivity index (χ1n) is 1.82. The minimum absolute atomic E-state index is 0.952. The maximum atomic E-state index is 5.20. The second-order valence-corrected chi connectivity index (χ2v) is 44.9. The molecule has 0 aromatic carbocycles. The van der Waals surface area contributed by atoms with E-state index in [0.717, 1.165) is 0 Å². The van der Waals surface area contributed by atoms with Crippen LogP contribution in [0.3, 0.4) is 0 Å². The van der Waals surface area contributed by atoms with Gasteiger partial charge in [-0.2, -0.15) is 0 Å². The van der Waals surface area contributed by atoms with Crippen LogP contribution in [0.25, 0.3) is 0 Å². The van der Waals surface area contributed by atoms with E-state index in [9.17, 15) is 0 Å². The summed E-state index contributed by atoms with van der Waals surface area (Å²) in [5.74, 6) is 0. The second kappa shape index (κ2) is 2.69. The molecule has 4 nitrogen and oxygen atoms in total. The molecular weight excluding hydrogens is 686 g/mol. The van der Waals surface area contributed by atoms with Crippen molar-refractivity contribution >= 4 is 73.3 Å². The third-order valence-corrected chi connectivity index (χ3v) is 56.5. The van der Waals surface area contributed by atoms with Crippen molar-refractivity contribution in [2.75, 3.05) is 0 Å². The molecular formula is H2O4Pb3. The Morgan fingerprint density at radius 1 is 1.00 bits per heavy atom. The predicted octanol–water partition coefficient (Wildman–Crippen LogP) is -1.95. The number of fused-ring (bicyclic) bond motifs is 2. The SMILES string of the molecule is [O]1[Pb][O][PbH]2[O][PbH]1[O]2. The van der Waals surface area contributed by atoms with Crippen LogP contribution >= 0.6 is 0 Å². The van der Waals surface area contributed by atoms with Crippen molar-refractivity contribution in [1.82, 2.24) is 0 Å². The summed E-state index contributed by atoms with van der Waals surface area (Å²) in [5.41, 5.74) is 0. The van der Waals surface area contributed by atoms with E-state index in [4.69, 9.17) is 2.55 Å². The van der Waals surface area contributed by atoms with Crippen LogP contribution in [0.15, 0.2) is 0 Å². The Balaban J connectivity index is 1.99. The van der Waals surface area contributed by atoms with Crippen LogP contribution in [-0.4, -0.2) is 73.3 Å². The van der Waals surface area contributed by atoms with Crippen molar-refractivity contribution in [3.8, 4) is 0 Å². The van der Waals surface area contributed by atoms with Crippen LogP contribution in [0.4, 0.5) is 0 Å². The van der Waals surface area contributed by atoms with E-state index in [-0.39, 0.29) is 0 Å². The molecule has 0 saturated carbocycles. The first-order valence-corrected chi connectivity index (χ1v) is 16.0. The second-order valence-electron chi connectivity index (χ2n) is 1.17. The van der Waals surface area contributed by atoms with Crippen LogP contribution in [0.1, 0.15) is 0 Å². The summed E-state index contributed by atoms with van der Waals surface area (Å²) in [6.07, 6.45) is 0. The first-order chi connectivity index (χ1) is 3.45. The van der Waals surface area contributed by atoms with Gasteiger partial charge in [0, 0.05) is 0 Å². The van der Waals surface area contributed by atoms with Gasteiger partial charge in [-0.05, 0) is 0 Å². The van der Waals surface area contributed by atoms with Crippen molar-refractivity contribution in [2.45, 2.75) is 0 Å². The number of rotatable bonds is 0. The van der Waals surface area contributed by atoms with Crippen molar-refractivity contribution < 1.29 is 2.55 Å². The summed E-state index contributed by atoms with van der Waals surface area (Å²) in [6, 6.07) is 0. The van der Waals surface area contributed by atoms with Crippen LogP contribution < -0.4 is 0 Å². The van der Waals surface area contributed by atoms with Crippen molar-refractivity contribution in [2.24, 2.45) is 0 Å². The summed E-state index contributed by atoms with van der Waals surface area (Å²) in [7, 11) is 0. The van der Waals surface area contributed by atoms with E-state index < -0.39 is 73.3 Å². The zero-order valence-electron chi connectivity index (χ0n) is 3.29. The van der Waals surface area contributed by atoms with Crippen LogP contribution in [-0.2, 0) is 2.55 Å². The standard InChI is InChI=1S/4O.3Pb.2H. The molecule has 3 rings (SSSR count). The molecule has 0 spiro atoms. The van der Waals surface area contributed by atoms with Gasteiger partial charge in [0.15, 0.2) is 0 Å². The van der Waals surface area contributed by atoms with Gasteiger partial charge in [-0.15, -0.1) is 0 Å². The van der Waals surface area contributed by atoms with Gasteiger partial charge in [0.2, 0.25) is 0 Å². The minimum atomic E-state index is -2.07. The third-order valence-electron chi connectivity index (χ3n) is 0.733. The molecule has 3 saturated heterocycles. The molecule has 3 aliphatic heterocycles. The van der Waals surface area contributed by atoms with Crippen molar-refractivity contribution in [3.63, 3.8) is 0 Å². The molecule has 3 fully saturated rings. The molecule has 2 bridgehead atoms. The maximum absolute atomic E-state index is 5.20. The Morgan fingerprint density at radius 3 is 1.71 bits per heavy atom. The van der Waals surface area contributed by atoms with Gasteiger partial charge in [-0.3, -0.25) is 0 Å². The van der Waals surface area contributed by atoms with Gasteiger partial charge in [0.1, 0.15) is 0 Å². The summed E-state index contributed by atoms with van der Waals surface area (Å²) >= 11 is -5.09. The molecule has 3 heterocycles. The van der Waals surface area contributed by atoms with E-state index >= 15 is 0 Å². The van der Waals surface area contributed by atoms with Crippen LogP contribution in [0.2, 0.25) is 0 Å². The van der Waals surface area contributed by atoms with Crippen molar-refractivity contribution in [3.05, 3.63) is 0 Å². The average molecular weight is 688 g/mol. The summed E-state index contributed by atoms with van der Waals surface area (Å²) in [6.45, 7) is 0. The monoisotopic (exact) mass is 690 g/mol. The Morgan fingerprint density at radius 2 is 1.57 bits per heavy atom. The Bertz CT molecular complexity index is 63.5. The van der Waals surface area contributed by atoms with E-state index in [1.165, 1.54) is 0 Å². The first kappa shape index (κ1) is 6.32. The average Bonchev–Trinajstić information content (AvgIpc) is 1.67. The van der Waals surface area contributed by atoms with Gasteiger partial charge in [0.05, 0.1) is 0 Å². The fraction of sp³-hybridized carbons (Fsp3) is 0. The van der Waals surface area contributed by atoms with Gasteiger partial charge >= 0.3 is 75.8 Å². The zero-order valence-corrected chi connectivity index (χ0v) is 16.2. The Labute approximate surface area is 74.2 Å². The zero-order chi connectivity index (χ0) is 4.69. The van der Waals surface area contributed by atoms with E-state index in [0.29, 0.717) is 0 Å². The molecule has 0 aromatic rings. The summed E-state index contributed by atoms with van der Waals surface area (Å²) in [5, 5.41) is 0. The molecule has 0 aliphatic carbocycles.